The molecule has 0 spiro atoms. The first-order chi connectivity index (χ1) is 8.79. The van der Waals surface area contributed by atoms with Gasteiger partial charge in [-0.15, -0.1) is 0 Å². The Bertz CT molecular complexity index is 383. The zero-order valence-electron chi connectivity index (χ0n) is 10.8. The molecule has 4 heteroatoms. The van der Waals surface area contributed by atoms with Gasteiger partial charge < -0.3 is 15.0 Å². The van der Waals surface area contributed by atoms with Gasteiger partial charge in [0.1, 0.15) is 0 Å². The van der Waals surface area contributed by atoms with Crippen LogP contribution in [0.2, 0.25) is 0 Å². The molecule has 1 heterocycles. The molecule has 1 aromatic rings. The molecule has 1 aliphatic heterocycles. The van der Waals surface area contributed by atoms with Crippen LogP contribution in [0.4, 0.5) is 10.5 Å². The molecule has 0 atom stereocenters. The Labute approximate surface area is 108 Å². The van der Waals surface area contributed by atoms with Crippen LogP contribution in [0.5, 0.6) is 0 Å². The number of alkyl carbamates (subject to hydrolysis) is 1. The molecule has 0 radical (unpaired) electrons. The number of hydrogen-bond donors (Lipinski definition) is 1. The van der Waals surface area contributed by atoms with Gasteiger partial charge in [-0.05, 0) is 37.0 Å². The smallest absolute Gasteiger partial charge is 0.406 e. The van der Waals surface area contributed by atoms with Gasteiger partial charge in [0.2, 0.25) is 0 Å². The molecule has 4 nitrogen and oxygen atoms in total. The summed E-state index contributed by atoms with van der Waals surface area (Å²) in [5, 5.41) is 2.68. The van der Waals surface area contributed by atoms with Crippen LogP contribution >= 0.6 is 0 Å². The molecule has 1 saturated heterocycles. The molecule has 0 aliphatic carbocycles. The van der Waals surface area contributed by atoms with E-state index in [4.69, 9.17) is 0 Å². The zero-order valence-corrected chi connectivity index (χ0v) is 10.8. The lowest BCUT2D eigenvalue weighted by Gasteiger charge is -2.17. The van der Waals surface area contributed by atoms with Crippen LogP contribution < -0.4 is 10.2 Å². The van der Waals surface area contributed by atoms with Gasteiger partial charge in [0.25, 0.3) is 0 Å². The number of methoxy groups -OCH3 is 1. The third kappa shape index (κ3) is 3.39. The van der Waals surface area contributed by atoms with E-state index in [1.165, 1.54) is 44.3 Å². The number of ether oxygens (including phenoxy) is 1. The summed E-state index contributed by atoms with van der Waals surface area (Å²) in [4.78, 5) is 13.3. The summed E-state index contributed by atoms with van der Waals surface area (Å²) in [5.74, 6) is 0. The van der Waals surface area contributed by atoms with Crippen LogP contribution in [0.3, 0.4) is 0 Å². The molecular weight excluding hydrogens is 228 g/mol. The van der Waals surface area contributed by atoms with E-state index >= 15 is 0 Å². The number of nitrogens with zero attached hydrogens (tertiary/aromatic N) is 1. The van der Waals surface area contributed by atoms with Crippen molar-refractivity contribution in [2.75, 3.05) is 31.6 Å². The van der Waals surface area contributed by atoms with Crippen LogP contribution in [-0.4, -0.2) is 32.8 Å². The van der Waals surface area contributed by atoms with Crippen molar-refractivity contribution in [1.82, 2.24) is 5.32 Å². The van der Waals surface area contributed by atoms with Gasteiger partial charge in [-0.3, -0.25) is 0 Å². The summed E-state index contributed by atoms with van der Waals surface area (Å²) in [7, 11) is 1.38. The molecule has 1 N–H and O–H groups in total. The zero-order chi connectivity index (χ0) is 12.8. The first-order valence-electron chi connectivity index (χ1n) is 6.45. The summed E-state index contributed by atoms with van der Waals surface area (Å²) < 4.78 is 4.52. The maximum atomic E-state index is 10.9. The van der Waals surface area contributed by atoms with Gasteiger partial charge in [-0.2, -0.15) is 0 Å². The van der Waals surface area contributed by atoms with E-state index in [-0.39, 0.29) is 6.09 Å². The Morgan fingerprint density at radius 1 is 1.28 bits per heavy atom. The van der Waals surface area contributed by atoms with Crippen molar-refractivity contribution in [1.29, 1.82) is 0 Å². The van der Waals surface area contributed by atoms with Crippen molar-refractivity contribution >= 4 is 11.8 Å². The fraction of sp³-hybridized carbons (Fsp3) is 0.500. The fourth-order valence-electron chi connectivity index (χ4n) is 2.23. The number of nitrogens with one attached hydrogen (secondary N) is 1. The Kier molecular flexibility index (Phi) is 4.45. The first kappa shape index (κ1) is 12.7. The van der Waals surface area contributed by atoms with Crippen molar-refractivity contribution in [3.8, 4) is 0 Å². The Hall–Kier alpha value is -1.71. The van der Waals surface area contributed by atoms with E-state index in [0.29, 0.717) is 6.54 Å². The Morgan fingerprint density at radius 3 is 2.56 bits per heavy atom. The van der Waals surface area contributed by atoms with Crippen LogP contribution in [0, 0.1) is 0 Å². The minimum atomic E-state index is -0.372. The topological polar surface area (TPSA) is 41.6 Å². The molecule has 2 rings (SSSR count). The number of rotatable bonds is 4. The number of benzene rings is 1. The molecule has 18 heavy (non-hydrogen) atoms. The second-order valence-corrected chi connectivity index (χ2v) is 4.53. The number of carbonyl (C=O) groups is 1. The highest BCUT2D eigenvalue weighted by Crippen LogP contribution is 2.20. The van der Waals surface area contributed by atoms with E-state index in [9.17, 15) is 4.79 Å². The molecule has 1 amide bonds. The van der Waals surface area contributed by atoms with Crippen LogP contribution in [0.25, 0.3) is 0 Å². The average Bonchev–Trinajstić information content (AvgIpc) is 2.93. The highest BCUT2D eigenvalue weighted by molar-refractivity contribution is 5.66. The van der Waals surface area contributed by atoms with Crippen LogP contribution in [-0.2, 0) is 11.2 Å². The number of anilines is 1. The van der Waals surface area contributed by atoms with E-state index < -0.39 is 0 Å². The van der Waals surface area contributed by atoms with Crippen molar-refractivity contribution < 1.29 is 9.53 Å². The van der Waals surface area contributed by atoms with Gasteiger partial charge in [-0.1, -0.05) is 12.1 Å². The van der Waals surface area contributed by atoms with Crippen molar-refractivity contribution in [2.24, 2.45) is 0 Å². The minimum Gasteiger partial charge on any atom is -0.453 e. The summed E-state index contributed by atoms with van der Waals surface area (Å²) in [6.07, 6.45) is 3.05. The Morgan fingerprint density at radius 2 is 1.94 bits per heavy atom. The largest absolute Gasteiger partial charge is 0.453 e. The summed E-state index contributed by atoms with van der Waals surface area (Å²) in [6.45, 7) is 2.95. The molecule has 0 saturated carbocycles. The molecule has 1 aliphatic rings. The lowest BCUT2D eigenvalue weighted by atomic mass is 10.1. The third-order valence-corrected chi connectivity index (χ3v) is 3.28. The predicted molar refractivity (Wildman–Crippen MR) is 72.0 cm³/mol. The predicted octanol–water partition coefficient (Wildman–Crippen LogP) is 2.19. The lowest BCUT2D eigenvalue weighted by Crippen LogP contribution is -2.25. The van der Waals surface area contributed by atoms with Crippen molar-refractivity contribution in [3.63, 3.8) is 0 Å². The minimum absolute atomic E-state index is 0.372. The van der Waals surface area contributed by atoms with Crippen molar-refractivity contribution in [3.05, 3.63) is 29.8 Å². The van der Waals surface area contributed by atoms with Gasteiger partial charge in [0.05, 0.1) is 7.11 Å². The van der Waals surface area contributed by atoms with Crippen LogP contribution in [0.1, 0.15) is 18.4 Å². The maximum Gasteiger partial charge on any atom is 0.406 e. The Balaban J connectivity index is 1.81. The van der Waals surface area contributed by atoms with E-state index in [0.717, 1.165) is 6.42 Å². The van der Waals surface area contributed by atoms with Gasteiger partial charge in [0, 0.05) is 25.3 Å². The van der Waals surface area contributed by atoms with Crippen molar-refractivity contribution in [2.45, 2.75) is 19.3 Å². The third-order valence-electron chi connectivity index (χ3n) is 3.28. The molecule has 1 aromatic carbocycles. The average molecular weight is 248 g/mol. The second-order valence-electron chi connectivity index (χ2n) is 4.53. The molecule has 98 valence electrons. The molecule has 0 aromatic heterocycles. The maximum absolute atomic E-state index is 10.9. The molecular formula is C14H20N2O2. The molecule has 1 fully saturated rings. The molecule has 0 unspecified atom stereocenters. The fourth-order valence-corrected chi connectivity index (χ4v) is 2.23. The SMILES string of the molecule is COC(=O)NCCc1ccc(N2CCCC2)cc1. The quantitative estimate of drug-likeness (QED) is 0.888. The van der Waals surface area contributed by atoms with E-state index in [1.54, 1.807) is 0 Å². The monoisotopic (exact) mass is 248 g/mol. The van der Waals surface area contributed by atoms with E-state index in [2.05, 4.69) is 39.2 Å². The highest BCUT2D eigenvalue weighted by atomic mass is 16.5. The molecule has 0 bridgehead atoms. The first-order valence-corrected chi connectivity index (χ1v) is 6.45. The highest BCUT2D eigenvalue weighted by Gasteiger charge is 2.11. The normalized spacial score (nSPS) is 14.6. The summed E-state index contributed by atoms with van der Waals surface area (Å²) in [5.41, 5.74) is 2.53. The summed E-state index contributed by atoms with van der Waals surface area (Å²) in [6, 6.07) is 8.59. The summed E-state index contributed by atoms with van der Waals surface area (Å²) >= 11 is 0. The number of hydrogen-bond acceptors (Lipinski definition) is 3. The van der Waals surface area contributed by atoms with Gasteiger partial charge >= 0.3 is 6.09 Å². The lowest BCUT2D eigenvalue weighted by molar-refractivity contribution is 0.171. The van der Waals surface area contributed by atoms with Gasteiger partial charge in [-0.25, -0.2) is 4.79 Å². The van der Waals surface area contributed by atoms with E-state index in [1.807, 2.05) is 0 Å². The number of amides is 1. The van der Waals surface area contributed by atoms with Crippen LogP contribution in [0.15, 0.2) is 24.3 Å². The second kappa shape index (κ2) is 6.28. The number of carbonyl (C=O) groups excluding carboxylic acids is 1. The van der Waals surface area contributed by atoms with Gasteiger partial charge in [0.15, 0.2) is 0 Å². The standard InChI is InChI=1S/C14H20N2O2/c1-18-14(17)15-9-8-12-4-6-13(7-5-12)16-10-2-3-11-16/h4-7H,2-3,8-11H2,1H3,(H,15,17).